The molecule has 0 bridgehead atoms. The number of carbonyl (C=O) groups excluding carboxylic acids is 1. The van der Waals surface area contributed by atoms with Gasteiger partial charge in [0, 0.05) is 23.9 Å². The van der Waals surface area contributed by atoms with Gasteiger partial charge >= 0.3 is 5.97 Å². The zero-order valence-corrected chi connectivity index (χ0v) is 11.4. The van der Waals surface area contributed by atoms with Gasteiger partial charge in [-0.25, -0.2) is 4.79 Å². The Hall–Kier alpha value is -1.63. The number of rotatable bonds is 3. The highest BCUT2D eigenvalue weighted by molar-refractivity contribution is 6.31. The number of nitrogens with one attached hydrogen (secondary N) is 1. The summed E-state index contributed by atoms with van der Waals surface area (Å²) in [4.78, 5) is 23.1. The average Bonchev–Trinajstić information content (AvgIpc) is 2.38. The summed E-state index contributed by atoms with van der Waals surface area (Å²) in [5.41, 5.74) is 5.37. The molecule has 2 rings (SSSR count). The molecule has 1 amide bonds. The number of carboxylic acid groups (broad SMARTS) is 1. The second-order valence-corrected chi connectivity index (χ2v) is 5.19. The maximum Gasteiger partial charge on any atom is 0.335 e. The van der Waals surface area contributed by atoms with Crippen LogP contribution in [0.1, 0.15) is 23.2 Å². The van der Waals surface area contributed by atoms with Gasteiger partial charge in [0.1, 0.15) is 5.54 Å². The van der Waals surface area contributed by atoms with Gasteiger partial charge < -0.3 is 20.9 Å². The molecular weight excluding hydrogens is 284 g/mol. The summed E-state index contributed by atoms with van der Waals surface area (Å²) in [6.45, 7) is 0.861. The number of ether oxygens (including phenoxy) is 1. The van der Waals surface area contributed by atoms with Crippen LogP contribution in [-0.2, 0) is 9.53 Å². The molecule has 0 aliphatic carbocycles. The molecule has 0 aromatic heterocycles. The molecule has 1 aliphatic heterocycles. The maximum atomic E-state index is 12.2. The summed E-state index contributed by atoms with van der Waals surface area (Å²) in [5, 5.41) is 11.8. The van der Waals surface area contributed by atoms with E-state index in [0.717, 1.165) is 0 Å². The lowest BCUT2D eigenvalue weighted by atomic mass is 9.90. The summed E-state index contributed by atoms with van der Waals surface area (Å²) < 4.78 is 5.18. The van der Waals surface area contributed by atoms with Crippen molar-refractivity contribution in [3.05, 3.63) is 28.8 Å². The number of hydrogen-bond acceptors (Lipinski definition) is 4. The van der Waals surface area contributed by atoms with E-state index in [1.807, 2.05) is 0 Å². The van der Waals surface area contributed by atoms with E-state index in [4.69, 9.17) is 27.2 Å². The quantitative estimate of drug-likeness (QED) is 0.784. The van der Waals surface area contributed by atoms with E-state index in [9.17, 15) is 9.59 Å². The highest BCUT2D eigenvalue weighted by Gasteiger charge is 2.36. The minimum Gasteiger partial charge on any atom is -0.478 e. The third-order valence-corrected chi connectivity index (χ3v) is 3.46. The number of benzene rings is 1. The van der Waals surface area contributed by atoms with Crippen LogP contribution < -0.4 is 11.1 Å². The number of aromatic carboxylic acids is 1. The van der Waals surface area contributed by atoms with Crippen LogP contribution in [0.3, 0.4) is 0 Å². The second-order valence-electron chi connectivity index (χ2n) is 4.76. The summed E-state index contributed by atoms with van der Waals surface area (Å²) >= 11 is 5.83. The fourth-order valence-corrected chi connectivity index (χ4v) is 2.24. The van der Waals surface area contributed by atoms with E-state index in [0.29, 0.717) is 31.7 Å². The molecule has 1 saturated heterocycles. The van der Waals surface area contributed by atoms with Gasteiger partial charge in [-0.15, -0.1) is 0 Å². The predicted octanol–water partition coefficient (Wildman–Crippen LogP) is 1.48. The summed E-state index contributed by atoms with van der Waals surface area (Å²) in [5.74, 6) is -1.48. The highest BCUT2D eigenvalue weighted by atomic mass is 35.5. The van der Waals surface area contributed by atoms with Gasteiger partial charge in [0.2, 0.25) is 5.91 Å². The SMILES string of the molecule is NC1(C(=O)Nc2cc(Cl)cc(C(=O)O)c2)CCOCC1. The van der Waals surface area contributed by atoms with Crippen LogP contribution >= 0.6 is 11.6 Å². The van der Waals surface area contributed by atoms with E-state index in [1.54, 1.807) is 0 Å². The Kier molecular flexibility index (Phi) is 4.27. The largest absolute Gasteiger partial charge is 0.478 e. The van der Waals surface area contributed by atoms with Crippen molar-refractivity contribution in [2.24, 2.45) is 5.73 Å². The Bertz CT molecular complexity index is 541. The van der Waals surface area contributed by atoms with Crippen molar-refractivity contribution in [2.45, 2.75) is 18.4 Å². The third-order valence-electron chi connectivity index (χ3n) is 3.24. The Labute approximate surface area is 120 Å². The average molecular weight is 299 g/mol. The standard InChI is InChI=1S/C13H15ClN2O4/c14-9-5-8(11(17)18)6-10(7-9)16-12(19)13(15)1-3-20-4-2-13/h5-7H,1-4,15H2,(H,16,19)(H,17,18). The van der Waals surface area contributed by atoms with Gasteiger partial charge in [-0.3, -0.25) is 4.79 Å². The van der Waals surface area contributed by atoms with Crippen molar-refractivity contribution in [1.29, 1.82) is 0 Å². The minimum absolute atomic E-state index is 0.00542. The van der Waals surface area contributed by atoms with Crippen LogP contribution in [-0.4, -0.2) is 35.7 Å². The third kappa shape index (κ3) is 3.27. The van der Waals surface area contributed by atoms with Crippen molar-refractivity contribution in [1.82, 2.24) is 0 Å². The first-order chi connectivity index (χ1) is 9.40. The fraction of sp³-hybridized carbons (Fsp3) is 0.385. The van der Waals surface area contributed by atoms with Gasteiger partial charge in [-0.05, 0) is 31.0 Å². The summed E-state index contributed by atoms with van der Waals surface area (Å²) in [7, 11) is 0. The molecule has 4 N–H and O–H groups in total. The lowest BCUT2D eigenvalue weighted by Gasteiger charge is -2.31. The Morgan fingerprint density at radius 2 is 1.95 bits per heavy atom. The van der Waals surface area contributed by atoms with Crippen LogP contribution in [0.4, 0.5) is 5.69 Å². The van der Waals surface area contributed by atoms with E-state index in [1.165, 1.54) is 18.2 Å². The van der Waals surface area contributed by atoms with Crippen LogP contribution in [0.5, 0.6) is 0 Å². The summed E-state index contributed by atoms with van der Waals surface area (Å²) in [6, 6.07) is 4.13. The maximum absolute atomic E-state index is 12.2. The van der Waals surface area contributed by atoms with Gasteiger partial charge in [-0.1, -0.05) is 11.6 Å². The van der Waals surface area contributed by atoms with E-state index in [-0.39, 0.29) is 16.5 Å². The molecule has 0 spiro atoms. The monoisotopic (exact) mass is 298 g/mol. The van der Waals surface area contributed by atoms with E-state index >= 15 is 0 Å². The van der Waals surface area contributed by atoms with Crippen LogP contribution in [0.25, 0.3) is 0 Å². The molecule has 1 heterocycles. The van der Waals surface area contributed by atoms with Crippen LogP contribution in [0.15, 0.2) is 18.2 Å². The van der Waals surface area contributed by atoms with E-state index in [2.05, 4.69) is 5.32 Å². The lowest BCUT2D eigenvalue weighted by Crippen LogP contribution is -2.54. The molecule has 0 unspecified atom stereocenters. The molecule has 0 radical (unpaired) electrons. The number of hydrogen-bond donors (Lipinski definition) is 3. The number of carboxylic acids is 1. The van der Waals surface area contributed by atoms with Crippen molar-refractivity contribution in [2.75, 3.05) is 18.5 Å². The molecule has 0 saturated carbocycles. The molecule has 7 heteroatoms. The number of amides is 1. The minimum atomic E-state index is -1.11. The first-order valence-corrected chi connectivity index (χ1v) is 6.50. The van der Waals surface area contributed by atoms with Gasteiger partial charge in [-0.2, -0.15) is 0 Å². The number of nitrogens with two attached hydrogens (primary N) is 1. The molecular formula is C13H15ClN2O4. The van der Waals surface area contributed by atoms with Crippen molar-refractivity contribution in [3.8, 4) is 0 Å². The van der Waals surface area contributed by atoms with Crippen molar-refractivity contribution >= 4 is 29.2 Å². The Morgan fingerprint density at radius 1 is 1.30 bits per heavy atom. The Morgan fingerprint density at radius 3 is 2.55 bits per heavy atom. The molecule has 1 aromatic carbocycles. The number of anilines is 1. The second kappa shape index (κ2) is 5.78. The number of halogens is 1. The smallest absolute Gasteiger partial charge is 0.335 e. The topological polar surface area (TPSA) is 102 Å². The normalized spacial score (nSPS) is 17.5. The lowest BCUT2D eigenvalue weighted by molar-refractivity contribution is -0.124. The van der Waals surface area contributed by atoms with Crippen LogP contribution in [0.2, 0.25) is 5.02 Å². The fourth-order valence-electron chi connectivity index (χ4n) is 2.00. The predicted molar refractivity (Wildman–Crippen MR) is 74.0 cm³/mol. The molecule has 0 atom stereocenters. The highest BCUT2D eigenvalue weighted by Crippen LogP contribution is 2.23. The van der Waals surface area contributed by atoms with Gasteiger partial charge in [0.15, 0.2) is 0 Å². The van der Waals surface area contributed by atoms with Gasteiger partial charge in [0.05, 0.1) is 5.56 Å². The number of carbonyl (C=O) groups is 2. The van der Waals surface area contributed by atoms with Crippen LogP contribution in [0, 0.1) is 0 Å². The molecule has 1 aliphatic rings. The zero-order valence-electron chi connectivity index (χ0n) is 10.7. The molecule has 108 valence electrons. The molecule has 20 heavy (non-hydrogen) atoms. The first-order valence-electron chi connectivity index (χ1n) is 6.13. The molecule has 1 aromatic rings. The summed E-state index contributed by atoms with van der Waals surface area (Å²) in [6.07, 6.45) is 0.844. The Balaban J connectivity index is 2.17. The van der Waals surface area contributed by atoms with E-state index < -0.39 is 11.5 Å². The molecule has 1 fully saturated rings. The first kappa shape index (κ1) is 14.8. The van der Waals surface area contributed by atoms with Gasteiger partial charge in [0.25, 0.3) is 0 Å². The van der Waals surface area contributed by atoms with Crippen molar-refractivity contribution < 1.29 is 19.4 Å². The zero-order chi connectivity index (χ0) is 14.8. The van der Waals surface area contributed by atoms with Crippen molar-refractivity contribution in [3.63, 3.8) is 0 Å². The molecule has 6 nitrogen and oxygen atoms in total.